The third kappa shape index (κ3) is 3.00. The Morgan fingerprint density at radius 3 is 1.92 bits per heavy atom. The lowest BCUT2D eigenvalue weighted by molar-refractivity contribution is -0.203. The lowest BCUT2D eigenvalue weighted by atomic mass is 9.85. The molecule has 0 radical (unpaired) electrons. The van der Waals surface area contributed by atoms with Crippen LogP contribution in [0.25, 0.3) is 0 Å². The van der Waals surface area contributed by atoms with E-state index in [1.807, 2.05) is 12.1 Å². The summed E-state index contributed by atoms with van der Waals surface area (Å²) in [4.78, 5) is 0. The van der Waals surface area contributed by atoms with Crippen molar-refractivity contribution >= 4 is 0 Å². The molecule has 2 aromatic rings. The molecular weight excluding hydrogens is 298 g/mol. The number of benzene rings is 2. The van der Waals surface area contributed by atoms with E-state index < -0.39 is 5.79 Å². The molecule has 2 aromatic carbocycles. The van der Waals surface area contributed by atoms with Crippen molar-refractivity contribution in [2.24, 2.45) is 11.7 Å². The first-order valence-electron chi connectivity index (χ1n) is 8.95. The highest BCUT2D eigenvalue weighted by atomic mass is 16.8. The van der Waals surface area contributed by atoms with Crippen molar-refractivity contribution < 1.29 is 9.47 Å². The van der Waals surface area contributed by atoms with Crippen LogP contribution in [0.3, 0.4) is 0 Å². The van der Waals surface area contributed by atoms with Gasteiger partial charge in [-0.05, 0) is 36.4 Å². The van der Waals surface area contributed by atoms with E-state index >= 15 is 0 Å². The SMILES string of the molecule is NC[C@H]1CCCC2(C1)O[C@H](c1ccccc1)[C@@H](c1ccccc1)O2. The van der Waals surface area contributed by atoms with E-state index in [-0.39, 0.29) is 12.2 Å². The molecule has 1 spiro atoms. The first-order valence-corrected chi connectivity index (χ1v) is 8.95. The van der Waals surface area contributed by atoms with E-state index in [9.17, 15) is 0 Å². The third-order valence-corrected chi connectivity index (χ3v) is 5.32. The van der Waals surface area contributed by atoms with E-state index in [1.165, 1.54) is 17.5 Å². The minimum atomic E-state index is -0.483. The Labute approximate surface area is 143 Å². The summed E-state index contributed by atoms with van der Waals surface area (Å²) in [6.07, 6.45) is 4.02. The first-order chi connectivity index (χ1) is 11.8. The lowest BCUT2D eigenvalue weighted by Crippen LogP contribution is -2.38. The van der Waals surface area contributed by atoms with Gasteiger partial charge in [0.2, 0.25) is 0 Å². The molecule has 3 nitrogen and oxygen atoms in total. The maximum Gasteiger partial charge on any atom is 0.170 e. The van der Waals surface area contributed by atoms with Crippen LogP contribution in [0.2, 0.25) is 0 Å². The van der Waals surface area contributed by atoms with Gasteiger partial charge in [0, 0.05) is 12.8 Å². The van der Waals surface area contributed by atoms with Crippen LogP contribution < -0.4 is 5.73 Å². The summed E-state index contributed by atoms with van der Waals surface area (Å²) in [6.45, 7) is 0.709. The summed E-state index contributed by atoms with van der Waals surface area (Å²) in [7, 11) is 0. The van der Waals surface area contributed by atoms with Crippen LogP contribution in [0.15, 0.2) is 60.7 Å². The maximum atomic E-state index is 6.60. The Balaban J connectivity index is 1.68. The Kier molecular flexibility index (Phi) is 4.40. The largest absolute Gasteiger partial charge is 0.339 e. The summed E-state index contributed by atoms with van der Waals surface area (Å²) in [5, 5.41) is 0. The normalized spacial score (nSPS) is 29.0. The second-order valence-electron chi connectivity index (χ2n) is 7.01. The zero-order valence-corrected chi connectivity index (χ0v) is 13.9. The fourth-order valence-corrected chi connectivity index (χ4v) is 4.10. The van der Waals surface area contributed by atoms with Gasteiger partial charge in [-0.25, -0.2) is 0 Å². The van der Waals surface area contributed by atoms with E-state index in [4.69, 9.17) is 15.2 Å². The molecule has 1 aliphatic carbocycles. The number of rotatable bonds is 3. The van der Waals surface area contributed by atoms with Crippen molar-refractivity contribution in [2.75, 3.05) is 6.54 Å². The predicted octanol–water partition coefficient (Wildman–Crippen LogP) is 4.36. The number of ether oxygens (including phenoxy) is 2. The van der Waals surface area contributed by atoms with Crippen molar-refractivity contribution in [2.45, 2.75) is 43.7 Å². The van der Waals surface area contributed by atoms with Gasteiger partial charge in [-0.3, -0.25) is 0 Å². The molecular formula is C21H25NO2. The standard InChI is InChI=1S/C21H25NO2/c22-15-16-8-7-13-21(14-16)23-19(17-9-3-1-4-10-17)20(24-21)18-11-5-2-6-12-18/h1-6,9-12,16,19-20H,7-8,13-15,22H2/t16-,19+,20+/m0/s1. The molecule has 126 valence electrons. The fraction of sp³-hybridized carbons (Fsp3) is 0.429. The summed E-state index contributed by atoms with van der Waals surface area (Å²) in [6, 6.07) is 20.9. The van der Waals surface area contributed by atoms with Crippen LogP contribution in [0.5, 0.6) is 0 Å². The summed E-state index contributed by atoms with van der Waals surface area (Å²) < 4.78 is 13.2. The topological polar surface area (TPSA) is 44.5 Å². The highest BCUT2D eigenvalue weighted by Crippen LogP contribution is 2.52. The molecule has 2 aliphatic rings. The van der Waals surface area contributed by atoms with Crippen LogP contribution in [-0.2, 0) is 9.47 Å². The molecule has 2 N–H and O–H groups in total. The van der Waals surface area contributed by atoms with Crippen LogP contribution >= 0.6 is 0 Å². The van der Waals surface area contributed by atoms with Crippen LogP contribution in [-0.4, -0.2) is 12.3 Å². The number of nitrogens with two attached hydrogens (primary N) is 1. The Morgan fingerprint density at radius 1 is 0.875 bits per heavy atom. The van der Waals surface area contributed by atoms with Gasteiger partial charge in [0.25, 0.3) is 0 Å². The second kappa shape index (κ2) is 6.67. The average Bonchev–Trinajstić information content (AvgIpc) is 3.02. The molecule has 1 aliphatic heterocycles. The summed E-state index contributed by atoms with van der Waals surface area (Å²) in [5.41, 5.74) is 8.29. The van der Waals surface area contributed by atoms with Crippen molar-refractivity contribution in [1.82, 2.24) is 0 Å². The molecule has 1 heterocycles. The Morgan fingerprint density at radius 2 is 1.42 bits per heavy atom. The summed E-state index contributed by atoms with van der Waals surface area (Å²) >= 11 is 0. The van der Waals surface area contributed by atoms with Crippen molar-refractivity contribution in [1.29, 1.82) is 0 Å². The first kappa shape index (κ1) is 15.8. The van der Waals surface area contributed by atoms with Crippen LogP contribution in [0.1, 0.15) is 49.0 Å². The minimum Gasteiger partial charge on any atom is -0.339 e. The van der Waals surface area contributed by atoms with E-state index in [0.717, 1.165) is 19.3 Å². The van der Waals surface area contributed by atoms with Crippen LogP contribution in [0.4, 0.5) is 0 Å². The second-order valence-corrected chi connectivity index (χ2v) is 7.01. The van der Waals surface area contributed by atoms with Crippen molar-refractivity contribution in [3.05, 3.63) is 71.8 Å². The van der Waals surface area contributed by atoms with Gasteiger partial charge in [-0.2, -0.15) is 0 Å². The number of hydrogen-bond acceptors (Lipinski definition) is 3. The van der Waals surface area contributed by atoms with E-state index in [1.54, 1.807) is 0 Å². The highest BCUT2D eigenvalue weighted by molar-refractivity contribution is 5.26. The minimum absolute atomic E-state index is 0.0647. The fourth-order valence-electron chi connectivity index (χ4n) is 4.10. The van der Waals surface area contributed by atoms with Crippen molar-refractivity contribution in [3.8, 4) is 0 Å². The Bertz CT molecular complexity index is 611. The maximum absolute atomic E-state index is 6.60. The Hall–Kier alpha value is -1.68. The molecule has 1 saturated heterocycles. The van der Waals surface area contributed by atoms with Crippen LogP contribution in [0, 0.1) is 5.92 Å². The zero-order chi connectivity index (χ0) is 16.4. The van der Waals surface area contributed by atoms with Crippen molar-refractivity contribution in [3.63, 3.8) is 0 Å². The third-order valence-electron chi connectivity index (χ3n) is 5.32. The smallest absolute Gasteiger partial charge is 0.170 e. The van der Waals surface area contributed by atoms with E-state index in [0.29, 0.717) is 12.5 Å². The van der Waals surface area contributed by atoms with Gasteiger partial charge in [0.15, 0.2) is 5.79 Å². The molecule has 0 bridgehead atoms. The molecule has 4 rings (SSSR count). The van der Waals surface area contributed by atoms with Gasteiger partial charge in [0.05, 0.1) is 0 Å². The summed E-state index contributed by atoms with van der Waals surface area (Å²) in [5.74, 6) is 0.00763. The van der Waals surface area contributed by atoms with Gasteiger partial charge in [0.1, 0.15) is 12.2 Å². The molecule has 24 heavy (non-hydrogen) atoms. The zero-order valence-electron chi connectivity index (χ0n) is 13.9. The monoisotopic (exact) mass is 323 g/mol. The average molecular weight is 323 g/mol. The molecule has 0 amide bonds. The molecule has 0 aromatic heterocycles. The predicted molar refractivity (Wildman–Crippen MR) is 94.3 cm³/mol. The molecule has 3 atom stereocenters. The highest BCUT2D eigenvalue weighted by Gasteiger charge is 2.50. The quantitative estimate of drug-likeness (QED) is 0.912. The van der Waals surface area contributed by atoms with Gasteiger partial charge >= 0.3 is 0 Å². The number of hydrogen-bond donors (Lipinski definition) is 1. The van der Waals surface area contributed by atoms with Gasteiger partial charge < -0.3 is 15.2 Å². The molecule has 3 heteroatoms. The molecule has 2 fully saturated rings. The van der Waals surface area contributed by atoms with Gasteiger partial charge in [-0.1, -0.05) is 60.7 Å². The van der Waals surface area contributed by atoms with E-state index in [2.05, 4.69) is 48.5 Å². The molecule has 1 saturated carbocycles. The lowest BCUT2D eigenvalue weighted by Gasteiger charge is -2.36. The molecule has 0 unspecified atom stereocenters. The van der Waals surface area contributed by atoms with Gasteiger partial charge in [-0.15, -0.1) is 0 Å².